The smallest absolute Gasteiger partial charge is 0.302 e. The first-order valence-corrected chi connectivity index (χ1v) is 7.53. The first kappa shape index (κ1) is 14.5. The molecule has 0 aromatic heterocycles. The van der Waals surface area contributed by atoms with Crippen LogP contribution in [0.1, 0.15) is 47.0 Å². The maximum Gasteiger partial charge on any atom is 0.302 e. The molecule has 21 heavy (non-hydrogen) atoms. The van der Waals surface area contributed by atoms with Crippen LogP contribution < -0.4 is 0 Å². The molecule has 2 saturated carbocycles. The minimum absolute atomic E-state index is 0.0733. The third-order valence-corrected chi connectivity index (χ3v) is 5.86. The summed E-state index contributed by atoms with van der Waals surface area (Å²) >= 11 is 0. The van der Waals surface area contributed by atoms with Gasteiger partial charge in [0.25, 0.3) is 0 Å². The van der Waals surface area contributed by atoms with Crippen molar-refractivity contribution in [2.75, 3.05) is 0 Å². The minimum Gasteiger partial charge on any atom is -0.461 e. The van der Waals surface area contributed by atoms with Crippen molar-refractivity contribution in [2.24, 2.45) is 22.2 Å². The molecule has 0 aliphatic heterocycles. The molecule has 3 rings (SSSR count). The van der Waals surface area contributed by atoms with Gasteiger partial charge in [-0.05, 0) is 24.7 Å². The van der Waals surface area contributed by atoms with Crippen molar-refractivity contribution >= 4 is 18.5 Å². The largest absolute Gasteiger partial charge is 0.461 e. The summed E-state index contributed by atoms with van der Waals surface area (Å²) in [6.45, 7) is 7.70. The summed E-state index contributed by atoms with van der Waals surface area (Å²) in [6.07, 6.45) is 3.78. The number of aldehydes is 2. The van der Waals surface area contributed by atoms with Crippen molar-refractivity contribution < 1.29 is 19.1 Å². The number of rotatable bonds is 3. The lowest BCUT2D eigenvalue weighted by molar-refractivity contribution is -0.154. The van der Waals surface area contributed by atoms with Crippen LogP contribution in [-0.4, -0.2) is 24.6 Å². The van der Waals surface area contributed by atoms with Gasteiger partial charge in [0.15, 0.2) is 0 Å². The molecule has 4 heteroatoms. The highest BCUT2D eigenvalue weighted by Gasteiger charge is 2.76. The Morgan fingerprint density at radius 1 is 1.29 bits per heavy atom. The zero-order valence-corrected chi connectivity index (χ0v) is 13.1. The second kappa shape index (κ2) is 4.05. The Balaban J connectivity index is 2.15. The van der Waals surface area contributed by atoms with Crippen molar-refractivity contribution in [1.82, 2.24) is 0 Å². The summed E-state index contributed by atoms with van der Waals surface area (Å²) in [6, 6.07) is 0. The fourth-order valence-corrected chi connectivity index (χ4v) is 4.86. The molecular weight excluding hydrogens is 268 g/mol. The zero-order valence-electron chi connectivity index (χ0n) is 13.1. The van der Waals surface area contributed by atoms with Crippen LogP contribution in [0.4, 0.5) is 0 Å². The molecule has 0 amide bonds. The van der Waals surface area contributed by atoms with Crippen LogP contribution in [0, 0.1) is 22.2 Å². The van der Waals surface area contributed by atoms with Crippen molar-refractivity contribution in [3.05, 3.63) is 11.1 Å². The predicted octanol–water partition coefficient (Wildman–Crippen LogP) is 2.46. The highest BCUT2D eigenvalue weighted by atomic mass is 16.5. The summed E-state index contributed by atoms with van der Waals surface area (Å²) in [4.78, 5) is 34.9. The lowest BCUT2D eigenvalue weighted by Gasteiger charge is -2.38. The normalized spacial score (nSPS) is 42.9. The van der Waals surface area contributed by atoms with Gasteiger partial charge >= 0.3 is 5.97 Å². The Hall–Kier alpha value is -1.45. The maximum absolute atomic E-state index is 11.7. The van der Waals surface area contributed by atoms with Gasteiger partial charge in [0, 0.05) is 23.8 Å². The number of hydrogen-bond donors (Lipinski definition) is 0. The molecule has 0 saturated heterocycles. The van der Waals surface area contributed by atoms with Gasteiger partial charge in [-0.2, -0.15) is 0 Å². The van der Waals surface area contributed by atoms with E-state index in [1.54, 1.807) is 0 Å². The van der Waals surface area contributed by atoms with E-state index in [0.717, 1.165) is 31.0 Å². The van der Waals surface area contributed by atoms with Crippen LogP contribution in [0.5, 0.6) is 0 Å². The van der Waals surface area contributed by atoms with E-state index >= 15 is 0 Å². The quantitative estimate of drug-likeness (QED) is 0.592. The van der Waals surface area contributed by atoms with Gasteiger partial charge in [-0.15, -0.1) is 0 Å². The van der Waals surface area contributed by atoms with Crippen LogP contribution in [-0.2, 0) is 19.1 Å². The van der Waals surface area contributed by atoms with Crippen molar-refractivity contribution in [2.45, 2.75) is 53.1 Å². The molecule has 0 radical (unpaired) electrons. The monoisotopic (exact) mass is 290 g/mol. The lowest BCUT2D eigenvalue weighted by atomic mass is 9.70. The van der Waals surface area contributed by atoms with Crippen LogP contribution in [0.3, 0.4) is 0 Å². The summed E-state index contributed by atoms with van der Waals surface area (Å²) < 4.78 is 5.63. The average molecular weight is 290 g/mol. The number of fused-ring (bicyclic) bond motifs is 2. The van der Waals surface area contributed by atoms with Crippen LogP contribution in [0.2, 0.25) is 0 Å². The Bertz CT molecular complexity index is 573. The first-order valence-electron chi connectivity index (χ1n) is 7.53. The molecule has 4 atom stereocenters. The molecule has 4 nitrogen and oxygen atoms in total. The maximum atomic E-state index is 11.7. The molecule has 0 N–H and O–H groups in total. The zero-order chi connectivity index (χ0) is 15.6. The van der Waals surface area contributed by atoms with Gasteiger partial charge in [0.2, 0.25) is 0 Å². The van der Waals surface area contributed by atoms with Crippen LogP contribution in [0.15, 0.2) is 11.1 Å². The number of allylic oxidation sites excluding steroid dienone is 1. The third kappa shape index (κ3) is 1.71. The van der Waals surface area contributed by atoms with E-state index < -0.39 is 10.8 Å². The molecule has 0 spiro atoms. The first-order chi connectivity index (χ1) is 9.71. The highest BCUT2D eigenvalue weighted by Crippen LogP contribution is 2.75. The topological polar surface area (TPSA) is 60.4 Å². The predicted molar refractivity (Wildman–Crippen MR) is 76.4 cm³/mol. The van der Waals surface area contributed by atoms with E-state index in [4.69, 9.17) is 4.74 Å². The molecule has 2 fully saturated rings. The number of esters is 1. The Morgan fingerprint density at radius 2 is 1.95 bits per heavy atom. The van der Waals surface area contributed by atoms with E-state index in [9.17, 15) is 14.4 Å². The lowest BCUT2D eigenvalue weighted by Crippen LogP contribution is -2.42. The van der Waals surface area contributed by atoms with Crippen molar-refractivity contribution in [3.8, 4) is 0 Å². The summed E-state index contributed by atoms with van der Waals surface area (Å²) in [5.41, 5.74) is 0.623. The second-order valence-corrected chi connectivity index (χ2v) is 7.92. The van der Waals surface area contributed by atoms with Crippen molar-refractivity contribution in [1.29, 1.82) is 0 Å². The van der Waals surface area contributed by atoms with Gasteiger partial charge in [0.1, 0.15) is 18.7 Å². The van der Waals surface area contributed by atoms with E-state index in [2.05, 4.69) is 13.8 Å². The molecule has 0 bridgehead atoms. The van der Waals surface area contributed by atoms with Crippen LogP contribution >= 0.6 is 0 Å². The Kier molecular flexibility index (Phi) is 2.80. The molecular formula is C17H22O4. The third-order valence-electron chi connectivity index (χ3n) is 5.86. The average Bonchev–Trinajstić information content (AvgIpc) is 2.88. The van der Waals surface area contributed by atoms with E-state index in [0.29, 0.717) is 12.0 Å². The van der Waals surface area contributed by atoms with E-state index in [1.807, 2.05) is 6.92 Å². The molecule has 4 unspecified atom stereocenters. The number of hydrogen-bond acceptors (Lipinski definition) is 4. The minimum atomic E-state index is -0.735. The Labute approximate surface area is 124 Å². The molecule has 3 aliphatic rings. The van der Waals surface area contributed by atoms with Gasteiger partial charge in [-0.1, -0.05) is 26.3 Å². The van der Waals surface area contributed by atoms with Gasteiger partial charge < -0.3 is 9.53 Å². The fourth-order valence-electron chi connectivity index (χ4n) is 4.86. The molecule has 114 valence electrons. The van der Waals surface area contributed by atoms with Gasteiger partial charge in [0.05, 0.1) is 5.41 Å². The van der Waals surface area contributed by atoms with Gasteiger partial charge in [-0.25, -0.2) is 0 Å². The summed E-state index contributed by atoms with van der Waals surface area (Å²) in [5, 5.41) is 0. The number of carbonyl (C=O) groups excluding carboxylic acids is 3. The molecule has 0 aromatic carbocycles. The molecule has 3 aliphatic carbocycles. The number of carbonyl (C=O) groups is 3. The fraction of sp³-hybridized carbons (Fsp3) is 0.706. The van der Waals surface area contributed by atoms with Gasteiger partial charge in [-0.3, -0.25) is 9.59 Å². The summed E-state index contributed by atoms with van der Waals surface area (Å²) in [7, 11) is 0. The summed E-state index contributed by atoms with van der Waals surface area (Å²) in [5.74, 6) is -0.240. The molecule has 0 aromatic rings. The highest BCUT2D eigenvalue weighted by molar-refractivity contribution is 5.91. The second-order valence-electron chi connectivity index (χ2n) is 7.92. The van der Waals surface area contributed by atoms with E-state index in [1.165, 1.54) is 6.92 Å². The van der Waals surface area contributed by atoms with E-state index in [-0.39, 0.29) is 23.4 Å². The molecule has 0 heterocycles. The SMILES string of the molecule is CC(=O)OC1C2CC(C)(C)CC2=C(C=O)C2(C=O)CC12C. The number of ether oxygens (including phenoxy) is 1. The van der Waals surface area contributed by atoms with Crippen LogP contribution in [0.25, 0.3) is 0 Å². The Morgan fingerprint density at radius 3 is 2.48 bits per heavy atom. The van der Waals surface area contributed by atoms with Crippen molar-refractivity contribution in [3.63, 3.8) is 0 Å². The standard InChI is InChI=1S/C17H22O4/c1-10(20)21-14-12-6-15(2,3)5-11(12)13(7-18)17(9-19)8-16(14,17)4/h7,9,12,14H,5-6,8H2,1-4H3.